The fourth-order valence-electron chi connectivity index (χ4n) is 1.38. The molecule has 1 aromatic carbocycles. The summed E-state index contributed by atoms with van der Waals surface area (Å²) in [5, 5.41) is 3.15. The van der Waals surface area contributed by atoms with Crippen molar-refractivity contribution >= 4 is 12.6 Å². The van der Waals surface area contributed by atoms with Crippen LogP contribution < -0.4 is 5.32 Å². The Bertz CT molecular complexity index is 299. The molecule has 14 heavy (non-hydrogen) atoms. The van der Waals surface area contributed by atoms with Gasteiger partial charge in [-0.15, -0.1) is 0 Å². The van der Waals surface area contributed by atoms with Crippen LogP contribution in [0.5, 0.6) is 0 Å². The second-order valence-corrected chi connectivity index (χ2v) is 4.30. The Hall–Kier alpha value is -0.540. The SMILES string of the molecule is CC(C)(CNCS)c1cccc(F)c1. The third-order valence-electron chi connectivity index (χ3n) is 2.28. The Morgan fingerprint density at radius 1 is 1.43 bits per heavy atom. The highest BCUT2D eigenvalue weighted by molar-refractivity contribution is 7.80. The molecule has 1 aromatic rings. The van der Waals surface area contributed by atoms with Gasteiger partial charge in [0, 0.05) is 17.8 Å². The number of nitrogens with one attached hydrogen (secondary N) is 1. The summed E-state index contributed by atoms with van der Waals surface area (Å²) in [4.78, 5) is 0. The zero-order chi connectivity index (χ0) is 10.6. The zero-order valence-electron chi connectivity index (χ0n) is 8.55. The maximum Gasteiger partial charge on any atom is 0.123 e. The largest absolute Gasteiger partial charge is 0.307 e. The molecular formula is C11H16FNS. The lowest BCUT2D eigenvalue weighted by Gasteiger charge is -2.25. The van der Waals surface area contributed by atoms with Crippen molar-refractivity contribution in [1.82, 2.24) is 5.32 Å². The molecule has 0 spiro atoms. The molecule has 0 aromatic heterocycles. The number of hydrogen-bond acceptors (Lipinski definition) is 2. The number of hydrogen-bond donors (Lipinski definition) is 2. The van der Waals surface area contributed by atoms with Crippen LogP contribution in [0.4, 0.5) is 4.39 Å². The summed E-state index contributed by atoms with van der Waals surface area (Å²) in [6.45, 7) is 4.95. The van der Waals surface area contributed by atoms with E-state index in [2.05, 4.69) is 31.8 Å². The highest BCUT2D eigenvalue weighted by atomic mass is 32.1. The molecule has 0 aliphatic rings. The Morgan fingerprint density at radius 3 is 2.71 bits per heavy atom. The molecule has 1 nitrogen and oxygen atoms in total. The molecule has 1 N–H and O–H groups in total. The normalized spacial score (nSPS) is 11.7. The maximum absolute atomic E-state index is 13.0. The molecule has 0 radical (unpaired) electrons. The minimum absolute atomic E-state index is 0.0647. The number of benzene rings is 1. The molecule has 0 fully saturated rings. The van der Waals surface area contributed by atoms with Crippen LogP contribution in [0.2, 0.25) is 0 Å². The van der Waals surface area contributed by atoms with Gasteiger partial charge in [-0.25, -0.2) is 4.39 Å². The van der Waals surface area contributed by atoms with Gasteiger partial charge < -0.3 is 5.32 Å². The molecule has 0 amide bonds. The molecule has 0 unspecified atom stereocenters. The molecule has 0 aliphatic heterocycles. The summed E-state index contributed by atoms with van der Waals surface area (Å²) < 4.78 is 13.0. The second-order valence-electron chi connectivity index (χ2n) is 3.98. The number of thiol groups is 1. The van der Waals surface area contributed by atoms with Crippen molar-refractivity contribution < 1.29 is 4.39 Å². The van der Waals surface area contributed by atoms with Gasteiger partial charge in [0.15, 0.2) is 0 Å². The van der Waals surface area contributed by atoms with E-state index in [9.17, 15) is 4.39 Å². The lowest BCUT2D eigenvalue weighted by atomic mass is 9.84. The van der Waals surface area contributed by atoms with Crippen LogP contribution in [-0.2, 0) is 5.41 Å². The van der Waals surface area contributed by atoms with Gasteiger partial charge in [-0.3, -0.25) is 0 Å². The number of halogens is 1. The van der Waals surface area contributed by atoms with Gasteiger partial charge in [0.25, 0.3) is 0 Å². The lowest BCUT2D eigenvalue weighted by molar-refractivity contribution is 0.486. The van der Waals surface area contributed by atoms with E-state index in [1.165, 1.54) is 6.07 Å². The van der Waals surface area contributed by atoms with Crippen molar-refractivity contribution in [3.05, 3.63) is 35.6 Å². The van der Waals surface area contributed by atoms with E-state index in [-0.39, 0.29) is 11.2 Å². The van der Waals surface area contributed by atoms with Gasteiger partial charge in [0.2, 0.25) is 0 Å². The topological polar surface area (TPSA) is 12.0 Å². The van der Waals surface area contributed by atoms with Crippen LogP contribution in [0.3, 0.4) is 0 Å². The Balaban J connectivity index is 2.80. The van der Waals surface area contributed by atoms with E-state index in [1.54, 1.807) is 12.1 Å². The van der Waals surface area contributed by atoms with Crippen LogP contribution in [0.1, 0.15) is 19.4 Å². The average Bonchev–Trinajstić information content (AvgIpc) is 2.15. The van der Waals surface area contributed by atoms with E-state index in [0.717, 1.165) is 12.1 Å². The van der Waals surface area contributed by atoms with Gasteiger partial charge in [-0.2, -0.15) is 12.6 Å². The molecular weight excluding hydrogens is 197 g/mol. The van der Waals surface area contributed by atoms with Gasteiger partial charge in [0.05, 0.1) is 0 Å². The van der Waals surface area contributed by atoms with E-state index in [1.807, 2.05) is 6.07 Å². The van der Waals surface area contributed by atoms with Crippen molar-refractivity contribution in [2.75, 3.05) is 12.4 Å². The van der Waals surface area contributed by atoms with Crippen LogP contribution in [0.15, 0.2) is 24.3 Å². The van der Waals surface area contributed by atoms with Gasteiger partial charge in [-0.05, 0) is 17.7 Å². The van der Waals surface area contributed by atoms with Crippen molar-refractivity contribution in [2.45, 2.75) is 19.3 Å². The van der Waals surface area contributed by atoms with Crippen LogP contribution in [0, 0.1) is 5.82 Å². The highest BCUT2D eigenvalue weighted by Crippen LogP contribution is 2.22. The number of rotatable bonds is 4. The van der Waals surface area contributed by atoms with E-state index in [4.69, 9.17) is 0 Å². The van der Waals surface area contributed by atoms with Crippen molar-refractivity contribution in [2.24, 2.45) is 0 Å². The molecule has 0 heterocycles. The van der Waals surface area contributed by atoms with E-state index >= 15 is 0 Å². The van der Waals surface area contributed by atoms with Crippen LogP contribution >= 0.6 is 12.6 Å². The molecule has 78 valence electrons. The van der Waals surface area contributed by atoms with Crippen molar-refractivity contribution in [3.63, 3.8) is 0 Å². The van der Waals surface area contributed by atoms with Crippen molar-refractivity contribution in [3.8, 4) is 0 Å². The Kier molecular flexibility index (Phi) is 3.96. The van der Waals surface area contributed by atoms with E-state index in [0.29, 0.717) is 5.88 Å². The third kappa shape index (κ3) is 3.00. The first-order valence-corrected chi connectivity index (χ1v) is 5.27. The standard InChI is InChI=1S/C11H16FNS/c1-11(2,7-13-8-14)9-4-3-5-10(12)6-9/h3-6,13-14H,7-8H2,1-2H3. The summed E-state index contributed by atoms with van der Waals surface area (Å²) in [5.74, 6) is 0.458. The molecule has 0 saturated heterocycles. The Morgan fingerprint density at radius 2 is 2.14 bits per heavy atom. The zero-order valence-corrected chi connectivity index (χ0v) is 9.44. The summed E-state index contributed by atoms with van der Waals surface area (Å²) in [5.41, 5.74) is 0.942. The summed E-state index contributed by atoms with van der Waals surface area (Å²) in [7, 11) is 0. The molecule has 3 heteroatoms. The van der Waals surface area contributed by atoms with Crippen LogP contribution in [-0.4, -0.2) is 12.4 Å². The first-order valence-electron chi connectivity index (χ1n) is 4.64. The smallest absolute Gasteiger partial charge is 0.123 e. The first kappa shape index (κ1) is 11.5. The monoisotopic (exact) mass is 213 g/mol. The predicted octanol–water partition coefficient (Wildman–Crippen LogP) is 2.58. The first-order chi connectivity index (χ1) is 6.56. The van der Waals surface area contributed by atoms with Gasteiger partial charge in [0.1, 0.15) is 5.82 Å². The van der Waals surface area contributed by atoms with E-state index < -0.39 is 0 Å². The quantitative estimate of drug-likeness (QED) is 0.578. The average molecular weight is 213 g/mol. The maximum atomic E-state index is 13.0. The van der Waals surface area contributed by atoms with Gasteiger partial charge in [-0.1, -0.05) is 26.0 Å². The minimum atomic E-state index is -0.179. The molecule has 1 rings (SSSR count). The molecule has 0 atom stereocenters. The second kappa shape index (κ2) is 4.80. The Labute approximate surface area is 90.1 Å². The lowest BCUT2D eigenvalue weighted by Crippen LogP contribution is -2.32. The van der Waals surface area contributed by atoms with Gasteiger partial charge >= 0.3 is 0 Å². The molecule has 0 saturated carbocycles. The van der Waals surface area contributed by atoms with Crippen molar-refractivity contribution in [1.29, 1.82) is 0 Å². The summed E-state index contributed by atoms with van der Waals surface area (Å²) in [6.07, 6.45) is 0. The predicted molar refractivity (Wildman–Crippen MR) is 61.3 cm³/mol. The minimum Gasteiger partial charge on any atom is -0.307 e. The highest BCUT2D eigenvalue weighted by Gasteiger charge is 2.19. The summed E-state index contributed by atoms with van der Waals surface area (Å²) in [6, 6.07) is 6.74. The summed E-state index contributed by atoms with van der Waals surface area (Å²) >= 11 is 4.08. The fourth-order valence-corrected chi connectivity index (χ4v) is 1.49. The molecule has 0 aliphatic carbocycles. The van der Waals surface area contributed by atoms with Crippen LogP contribution in [0.25, 0.3) is 0 Å². The third-order valence-corrected chi connectivity index (χ3v) is 2.51. The fraction of sp³-hybridized carbons (Fsp3) is 0.455. The molecule has 0 bridgehead atoms.